The Bertz CT molecular complexity index is 1180. The van der Waals surface area contributed by atoms with Gasteiger partial charge in [0.2, 0.25) is 10.0 Å². The van der Waals surface area contributed by atoms with Crippen molar-refractivity contribution in [3.8, 4) is 0 Å². The molecular formula is C17H19N5O9S. The van der Waals surface area contributed by atoms with Crippen molar-refractivity contribution >= 4 is 33.1 Å². The molecule has 0 N–H and O–H groups in total. The Labute approximate surface area is 181 Å². The fourth-order valence-electron chi connectivity index (χ4n) is 3.57. The van der Waals surface area contributed by atoms with Gasteiger partial charge in [-0.2, -0.15) is 4.31 Å². The molecule has 172 valence electrons. The Morgan fingerprint density at radius 1 is 1.12 bits per heavy atom. The van der Waals surface area contributed by atoms with Gasteiger partial charge in [0.15, 0.2) is 5.76 Å². The van der Waals surface area contributed by atoms with E-state index in [1.165, 1.54) is 23.1 Å². The minimum atomic E-state index is -3.93. The summed E-state index contributed by atoms with van der Waals surface area (Å²) in [6, 6.07) is 1.66. The van der Waals surface area contributed by atoms with Gasteiger partial charge in [-0.15, -0.1) is 0 Å². The van der Waals surface area contributed by atoms with E-state index in [0.717, 1.165) is 19.2 Å². The van der Waals surface area contributed by atoms with Crippen molar-refractivity contribution in [1.29, 1.82) is 0 Å². The predicted octanol–water partition coefficient (Wildman–Crippen LogP) is 1.41. The van der Waals surface area contributed by atoms with E-state index in [1.807, 2.05) is 0 Å². The smallest absolute Gasteiger partial charge is 0.340 e. The number of rotatable bonds is 6. The number of piperazine rings is 1. The minimum Gasteiger partial charge on any atom is -0.465 e. The first-order valence-corrected chi connectivity index (χ1v) is 10.7. The van der Waals surface area contributed by atoms with Crippen molar-refractivity contribution in [2.24, 2.45) is 0 Å². The third kappa shape index (κ3) is 3.99. The number of nitro groups is 2. The van der Waals surface area contributed by atoms with Gasteiger partial charge in [0.1, 0.15) is 16.3 Å². The highest BCUT2D eigenvalue weighted by atomic mass is 32.2. The highest BCUT2D eigenvalue weighted by Crippen LogP contribution is 2.37. The van der Waals surface area contributed by atoms with E-state index in [-0.39, 0.29) is 53.8 Å². The molecule has 1 fully saturated rings. The second-order valence-electron chi connectivity index (χ2n) is 6.91. The molecular weight excluding hydrogens is 450 g/mol. The number of ether oxygens (including phenoxy) is 1. The monoisotopic (exact) mass is 469 g/mol. The van der Waals surface area contributed by atoms with E-state index in [2.05, 4.69) is 9.89 Å². The topological polar surface area (TPSA) is 179 Å². The highest BCUT2D eigenvalue weighted by molar-refractivity contribution is 7.89. The number of methoxy groups -OCH3 is 1. The van der Waals surface area contributed by atoms with Gasteiger partial charge in [0.05, 0.1) is 28.6 Å². The van der Waals surface area contributed by atoms with Crippen molar-refractivity contribution < 1.29 is 32.3 Å². The van der Waals surface area contributed by atoms with Crippen LogP contribution >= 0.6 is 0 Å². The first kappa shape index (κ1) is 23.1. The second kappa shape index (κ2) is 8.51. The lowest BCUT2D eigenvalue weighted by molar-refractivity contribution is -0.393. The molecule has 1 aliphatic heterocycles. The first-order chi connectivity index (χ1) is 15.0. The predicted molar refractivity (Wildman–Crippen MR) is 108 cm³/mol. The van der Waals surface area contributed by atoms with Crippen LogP contribution in [0.2, 0.25) is 0 Å². The van der Waals surface area contributed by atoms with E-state index >= 15 is 0 Å². The number of nitrogens with zero attached hydrogens (tertiary/aromatic N) is 5. The van der Waals surface area contributed by atoms with Gasteiger partial charge in [-0.1, -0.05) is 5.16 Å². The number of aromatic nitrogens is 1. The lowest BCUT2D eigenvalue weighted by Gasteiger charge is -2.35. The van der Waals surface area contributed by atoms with Crippen LogP contribution in [0.5, 0.6) is 0 Å². The molecule has 0 atom stereocenters. The fraction of sp³-hybridized carbons (Fsp3) is 0.412. The van der Waals surface area contributed by atoms with E-state index in [1.54, 1.807) is 0 Å². The lowest BCUT2D eigenvalue weighted by Crippen LogP contribution is -2.49. The summed E-state index contributed by atoms with van der Waals surface area (Å²) in [5.74, 6) is -0.846. The Morgan fingerprint density at radius 2 is 1.75 bits per heavy atom. The Balaban J connectivity index is 1.98. The van der Waals surface area contributed by atoms with Gasteiger partial charge in [0, 0.05) is 32.2 Å². The van der Waals surface area contributed by atoms with Crippen LogP contribution in [0.15, 0.2) is 21.6 Å². The summed E-state index contributed by atoms with van der Waals surface area (Å²) in [6.07, 6.45) is 0. The van der Waals surface area contributed by atoms with Crippen LogP contribution in [0.1, 0.15) is 21.8 Å². The molecule has 0 amide bonds. The summed E-state index contributed by atoms with van der Waals surface area (Å²) in [6.45, 7) is 2.85. The van der Waals surface area contributed by atoms with Crippen LogP contribution in [0.25, 0.3) is 0 Å². The van der Waals surface area contributed by atoms with Crippen molar-refractivity contribution in [2.45, 2.75) is 18.7 Å². The normalized spacial score (nSPS) is 14.9. The molecule has 2 heterocycles. The minimum absolute atomic E-state index is 0.00868. The number of hydrogen-bond acceptors (Lipinski definition) is 11. The van der Waals surface area contributed by atoms with Gasteiger partial charge < -0.3 is 14.2 Å². The quantitative estimate of drug-likeness (QED) is 0.339. The zero-order valence-corrected chi connectivity index (χ0v) is 18.1. The molecule has 0 unspecified atom stereocenters. The fourth-order valence-corrected chi connectivity index (χ4v) is 5.28. The lowest BCUT2D eigenvalue weighted by atomic mass is 10.1. The molecule has 1 saturated heterocycles. The Morgan fingerprint density at radius 3 is 2.22 bits per heavy atom. The molecule has 3 rings (SSSR count). The Hall–Kier alpha value is -3.59. The van der Waals surface area contributed by atoms with Crippen molar-refractivity contribution in [2.75, 3.05) is 38.2 Å². The molecule has 1 aromatic carbocycles. The largest absolute Gasteiger partial charge is 0.465 e. The number of carbonyl (C=O) groups is 1. The maximum atomic E-state index is 13.0. The van der Waals surface area contributed by atoms with Crippen molar-refractivity contribution in [1.82, 2.24) is 9.46 Å². The zero-order valence-electron chi connectivity index (χ0n) is 17.3. The summed E-state index contributed by atoms with van der Waals surface area (Å²) in [4.78, 5) is 34.8. The van der Waals surface area contributed by atoms with Crippen LogP contribution in [0.4, 0.5) is 17.1 Å². The van der Waals surface area contributed by atoms with E-state index in [9.17, 15) is 33.4 Å². The molecule has 15 heteroatoms. The number of sulfonamides is 1. The van der Waals surface area contributed by atoms with Crippen LogP contribution < -0.4 is 4.90 Å². The molecule has 0 aliphatic carbocycles. The average Bonchev–Trinajstić information content (AvgIpc) is 3.10. The maximum absolute atomic E-state index is 13.0. The van der Waals surface area contributed by atoms with Crippen molar-refractivity contribution in [3.63, 3.8) is 0 Å². The maximum Gasteiger partial charge on any atom is 0.340 e. The molecule has 0 radical (unpaired) electrons. The average molecular weight is 469 g/mol. The molecule has 0 bridgehead atoms. The molecule has 32 heavy (non-hydrogen) atoms. The summed E-state index contributed by atoms with van der Waals surface area (Å²) in [7, 11) is -2.88. The second-order valence-corrected chi connectivity index (χ2v) is 8.79. The number of hydrogen-bond donors (Lipinski definition) is 0. The standard InChI is InChI=1S/C17H19N5O9S/c1-10-16(11(2)31-18-10)32(28,29)20-6-4-19(5-7-20)15-13(17(23)30-3)8-12(21(24)25)9-14(15)22(26)27/h8-9H,4-7H2,1-3H3. The van der Waals surface area contributed by atoms with Gasteiger partial charge >= 0.3 is 5.97 Å². The molecule has 1 aromatic heterocycles. The summed E-state index contributed by atoms with van der Waals surface area (Å²) in [5.41, 5.74) is -1.59. The van der Waals surface area contributed by atoms with E-state index < -0.39 is 37.2 Å². The molecule has 2 aromatic rings. The van der Waals surface area contributed by atoms with Crippen molar-refractivity contribution in [3.05, 3.63) is 49.4 Å². The number of aryl methyl sites for hydroxylation is 2. The van der Waals surface area contributed by atoms with E-state index in [0.29, 0.717) is 0 Å². The van der Waals surface area contributed by atoms with Gasteiger partial charge in [-0.25, -0.2) is 13.2 Å². The zero-order chi connectivity index (χ0) is 23.8. The van der Waals surface area contributed by atoms with Crippen LogP contribution in [0.3, 0.4) is 0 Å². The molecule has 1 aliphatic rings. The molecule has 14 nitrogen and oxygen atoms in total. The van der Waals surface area contributed by atoms with Crippen LogP contribution in [-0.2, 0) is 14.8 Å². The van der Waals surface area contributed by atoms with Gasteiger partial charge in [-0.05, 0) is 13.8 Å². The number of anilines is 1. The third-order valence-electron chi connectivity index (χ3n) is 5.01. The number of esters is 1. The van der Waals surface area contributed by atoms with E-state index in [4.69, 9.17) is 4.52 Å². The highest BCUT2D eigenvalue weighted by Gasteiger charge is 2.37. The first-order valence-electron chi connectivity index (χ1n) is 9.22. The van der Waals surface area contributed by atoms with Gasteiger partial charge in [0.25, 0.3) is 11.4 Å². The molecule has 0 saturated carbocycles. The van der Waals surface area contributed by atoms with Gasteiger partial charge in [-0.3, -0.25) is 20.2 Å². The summed E-state index contributed by atoms with van der Waals surface area (Å²) in [5, 5.41) is 26.5. The number of carbonyl (C=O) groups excluding carboxylic acids is 1. The number of non-ortho nitro benzene ring substituents is 1. The molecule has 0 spiro atoms. The summed E-state index contributed by atoms with van der Waals surface area (Å²) >= 11 is 0. The van der Waals surface area contributed by atoms with Crippen LogP contribution in [-0.4, -0.2) is 67.0 Å². The Kier molecular flexibility index (Phi) is 6.13. The number of nitro benzene ring substituents is 2. The third-order valence-corrected chi connectivity index (χ3v) is 7.15. The number of benzene rings is 1. The SMILES string of the molecule is COC(=O)c1cc([N+](=O)[O-])cc([N+](=O)[O-])c1N1CCN(S(=O)(=O)c2c(C)noc2C)CC1. The van der Waals surface area contributed by atoms with Crippen LogP contribution in [0, 0.1) is 34.1 Å². The summed E-state index contributed by atoms with van der Waals surface area (Å²) < 4.78 is 36.8.